The smallest absolute Gasteiger partial charge is 0.308 e. The van der Waals surface area contributed by atoms with E-state index < -0.39 is 0 Å². The van der Waals surface area contributed by atoms with E-state index in [1.165, 1.54) is 7.11 Å². The first-order valence-electron chi connectivity index (χ1n) is 6.49. The van der Waals surface area contributed by atoms with Crippen molar-refractivity contribution < 1.29 is 14.3 Å². The maximum atomic E-state index is 11.5. The van der Waals surface area contributed by atoms with Crippen molar-refractivity contribution in [3.63, 3.8) is 0 Å². The van der Waals surface area contributed by atoms with Gasteiger partial charge in [0.15, 0.2) is 0 Å². The quantitative estimate of drug-likeness (QED) is 0.533. The topological polar surface area (TPSA) is 35.5 Å². The van der Waals surface area contributed by atoms with Gasteiger partial charge < -0.3 is 9.47 Å². The molecule has 0 radical (unpaired) electrons. The summed E-state index contributed by atoms with van der Waals surface area (Å²) in [5, 5.41) is 0. The highest BCUT2D eigenvalue weighted by Crippen LogP contribution is 2.19. The van der Waals surface area contributed by atoms with Gasteiger partial charge in [0.2, 0.25) is 0 Å². The predicted molar refractivity (Wildman–Crippen MR) is 75.6 cm³/mol. The third-order valence-electron chi connectivity index (χ3n) is 3.19. The minimum Gasteiger partial charge on any atom is -0.469 e. The Labute approximate surface area is 115 Å². The molecule has 0 unspecified atom stereocenters. The van der Waals surface area contributed by atoms with Crippen molar-refractivity contribution in [1.82, 2.24) is 0 Å². The van der Waals surface area contributed by atoms with Crippen LogP contribution < -0.4 is 0 Å². The van der Waals surface area contributed by atoms with E-state index >= 15 is 0 Å². The van der Waals surface area contributed by atoms with E-state index in [0.29, 0.717) is 13.2 Å². The van der Waals surface area contributed by atoms with Crippen LogP contribution in [-0.4, -0.2) is 19.7 Å². The minimum atomic E-state index is -0.199. The van der Waals surface area contributed by atoms with Crippen LogP contribution in [-0.2, 0) is 20.9 Å². The third-order valence-corrected chi connectivity index (χ3v) is 3.19. The number of hydrogen-bond acceptors (Lipinski definition) is 3. The molecule has 3 nitrogen and oxygen atoms in total. The number of esters is 1. The SMILES string of the molecule is C=CC[C@H](COCc1ccccc1)[C@H](C)C(=O)OC. The van der Waals surface area contributed by atoms with Crippen LogP contribution in [0, 0.1) is 11.8 Å². The van der Waals surface area contributed by atoms with Crippen molar-refractivity contribution in [1.29, 1.82) is 0 Å². The van der Waals surface area contributed by atoms with Gasteiger partial charge in [-0.25, -0.2) is 0 Å². The zero-order valence-electron chi connectivity index (χ0n) is 11.7. The van der Waals surface area contributed by atoms with Gasteiger partial charge in [0.1, 0.15) is 0 Å². The Morgan fingerprint density at radius 2 is 2.05 bits per heavy atom. The van der Waals surface area contributed by atoms with Crippen molar-refractivity contribution in [3.05, 3.63) is 48.6 Å². The van der Waals surface area contributed by atoms with Gasteiger partial charge in [0.05, 0.1) is 26.2 Å². The van der Waals surface area contributed by atoms with Gasteiger partial charge in [-0.2, -0.15) is 0 Å². The Morgan fingerprint density at radius 1 is 1.37 bits per heavy atom. The molecule has 0 heterocycles. The summed E-state index contributed by atoms with van der Waals surface area (Å²) in [5.74, 6) is -0.275. The van der Waals surface area contributed by atoms with Gasteiger partial charge >= 0.3 is 5.97 Å². The van der Waals surface area contributed by atoms with E-state index in [-0.39, 0.29) is 17.8 Å². The Hall–Kier alpha value is -1.61. The van der Waals surface area contributed by atoms with Crippen LogP contribution in [0.1, 0.15) is 18.9 Å². The highest BCUT2D eigenvalue weighted by molar-refractivity contribution is 5.72. The number of allylic oxidation sites excluding steroid dienone is 1. The van der Waals surface area contributed by atoms with Crippen molar-refractivity contribution in [3.8, 4) is 0 Å². The standard InChI is InChI=1S/C16H22O3/c1-4-8-15(13(2)16(17)18-3)12-19-11-14-9-6-5-7-10-14/h4-7,9-10,13,15H,1,8,11-12H2,2-3H3/t13-,15+/m0/s1. The third kappa shape index (κ3) is 5.26. The number of carbonyl (C=O) groups excluding carboxylic acids is 1. The molecule has 1 aromatic rings. The second-order valence-electron chi connectivity index (χ2n) is 4.60. The van der Waals surface area contributed by atoms with Crippen LogP contribution in [0.15, 0.2) is 43.0 Å². The van der Waals surface area contributed by atoms with Gasteiger partial charge in [-0.05, 0) is 17.9 Å². The summed E-state index contributed by atoms with van der Waals surface area (Å²) in [7, 11) is 1.41. The molecule has 2 atom stereocenters. The average Bonchev–Trinajstić information content (AvgIpc) is 2.46. The number of carbonyl (C=O) groups is 1. The molecule has 0 saturated heterocycles. The van der Waals surface area contributed by atoms with E-state index in [4.69, 9.17) is 9.47 Å². The second-order valence-corrected chi connectivity index (χ2v) is 4.60. The number of benzene rings is 1. The van der Waals surface area contributed by atoms with E-state index in [0.717, 1.165) is 12.0 Å². The lowest BCUT2D eigenvalue weighted by Gasteiger charge is -2.20. The first-order chi connectivity index (χ1) is 9.19. The minimum absolute atomic E-state index is 0.105. The highest BCUT2D eigenvalue weighted by Gasteiger charge is 2.23. The van der Waals surface area contributed by atoms with E-state index in [1.54, 1.807) is 0 Å². The van der Waals surface area contributed by atoms with Gasteiger partial charge in [-0.3, -0.25) is 4.79 Å². The van der Waals surface area contributed by atoms with Crippen LogP contribution in [0.5, 0.6) is 0 Å². The molecule has 0 amide bonds. The molecule has 0 aromatic heterocycles. The molecule has 0 aliphatic carbocycles. The molecule has 0 aliphatic rings. The van der Waals surface area contributed by atoms with E-state index in [1.807, 2.05) is 43.3 Å². The molecule has 0 bridgehead atoms. The molecular weight excluding hydrogens is 240 g/mol. The number of rotatable bonds is 8. The summed E-state index contributed by atoms with van der Waals surface area (Å²) < 4.78 is 10.5. The van der Waals surface area contributed by atoms with Crippen LogP contribution >= 0.6 is 0 Å². The fourth-order valence-corrected chi connectivity index (χ4v) is 1.91. The lowest BCUT2D eigenvalue weighted by Crippen LogP contribution is -2.25. The van der Waals surface area contributed by atoms with Crippen LogP contribution in [0.25, 0.3) is 0 Å². The molecule has 0 aliphatic heterocycles. The van der Waals surface area contributed by atoms with Crippen molar-refractivity contribution >= 4 is 5.97 Å². The van der Waals surface area contributed by atoms with Gasteiger partial charge in [-0.1, -0.05) is 43.3 Å². The summed E-state index contributed by atoms with van der Waals surface area (Å²) in [6.07, 6.45) is 2.56. The summed E-state index contributed by atoms with van der Waals surface area (Å²) in [5.41, 5.74) is 1.13. The molecular formula is C16H22O3. The Balaban J connectivity index is 2.45. The van der Waals surface area contributed by atoms with Gasteiger partial charge in [0.25, 0.3) is 0 Å². The largest absolute Gasteiger partial charge is 0.469 e. The van der Waals surface area contributed by atoms with Crippen molar-refractivity contribution in [2.75, 3.05) is 13.7 Å². The van der Waals surface area contributed by atoms with Crippen molar-refractivity contribution in [2.24, 2.45) is 11.8 Å². The maximum Gasteiger partial charge on any atom is 0.308 e. The first-order valence-corrected chi connectivity index (χ1v) is 6.49. The molecule has 1 aromatic carbocycles. The molecule has 0 fully saturated rings. The predicted octanol–water partition coefficient (Wildman–Crippen LogP) is 3.20. The fraction of sp³-hybridized carbons (Fsp3) is 0.438. The summed E-state index contributed by atoms with van der Waals surface area (Å²) in [4.78, 5) is 11.5. The van der Waals surface area contributed by atoms with E-state index in [9.17, 15) is 4.79 Å². The average molecular weight is 262 g/mol. The van der Waals surface area contributed by atoms with Crippen molar-refractivity contribution in [2.45, 2.75) is 20.0 Å². The number of methoxy groups -OCH3 is 1. The summed E-state index contributed by atoms with van der Waals surface area (Å²) >= 11 is 0. The Morgan fingerprint density at radius 3 is 2.63 bits per heavy atom. The van der Waals surface area contributed by atoms with Gasteiger partial charge in [-0.15, -0.1) is 6.58 Å². The molecule has 3 heteroatoms. The zero-order valence-corrected chi connectivity index (χ0v) is 11.7. The van der Waals surface area contributed by atoms with E-state index in [2.05, 4.69) is 6.58 Å². The molecule has 1 rings (SSSR count). The molecule has 0 N–H and O–H groups in total. The van der Waals surface area contributed by atoms with Crippen LogP contribution in [0.4, 0.5) is 0 Å². The Kier molecular flexibility index (Phi) is 6.90. The maximum absolute atomic E-state index is 11.5. The zero-order chi connectivity index (χ0) is 14.1. The first kappa shape index (κ1) is 15.4. The monoisotopic (exact) mass is 262 g/mol. The Bertz CT molecular complexity index is 386. The molecule has 104 valence electrons. The molecule has 0 saturated carbocycles. The van der Waals surface area contributed by atoms with Crippen LogP contribution in [0.2, 0.25) is 0 Å². The molecule has 0 spiro atoms. The number of hydrogen-bond donors (Lipinski definition) is 0. The number of ether oxygens (including phenoxy) is 2. The van der Waals surface area contributed by atoms with Gasteiger partial charge in [0, 0.05) is 0 Å². The lowest BCUT2D eigenvalue weighted by atomic mass is 9.92. The summed E-state index contributed by atoms with van der Waals surface area (Å²) in [6, 6.07) is 9.98. The highest BCUT2D eigenvalue weighted by atomic mass is 16.5. The van der Waals surface area contributed by atoms with Crippen LogP contribution in [0.3, 0.4) is 0 Å². The second kappa shape index (κ2) is 8.48. The molecule has 19 heavy (non-hydrogen) atoms. The normalized spacial score (nSPS) is 13.6. The fourth-order valence-electron chi connectivity index (χ4n) is 1.91. The summed E-state index contributed by atoms with van der Waals surface area (Å²) in [6.45, 7) is 6.68. The lowest BCUT2D eigenvalue weighted by molar-refractivity contribution is -0.147.